The number of hydrogen-bond donors (Lipinski definition) is 3. The molecule has 1 aliphatic carbocycles. The monoisotopic (exact) mass is 369 g/mol. The Kier molecular flexibility index (Phi) is 5.62. The van der Waals surface area contributed by atoms with Crippen molar-refractivity contribution in [2.75, 3.05) is 0 Å². The molecule has 1 atom stereocenters. The third kappa shape index (κ3) is 3.65. The fraction of sp³-hybridized carbons (Fsp3) is 0.267. The predicted molar refractivity (Wildman–Crippen MR) is 98.2 cm³/mol. The van der Waals surface area contributed by atoms with Gasteiger partial charge < -0.3 is 5.73 Å². The van der Waals surface area contributed by atoms with Crippen molar-refractivity contribution < 1.29 is 0 Å². The Hall–Kier alpha value is -1.63. The predicted octanol–water partition coefficient (Wildman–Crippen LogP) is 3.44. The smallest absolute Gasteiger partial charge is 0.206 e. The number of hydrogen-bond acceptors (Lipinski definition) is 4. The zero-order valence-electron chi connectivity index (χ0n) is 12.5. The molecule has 3 rings (SSSR count). The summed E-state index contributed by atoms with van der Waals surface area (Å²) < 4.78 is 0. The molecular formula is C15H17Cl2N5S. The van der Waals surface area contributed by atoms with Crippen molar-refractivity contribution in [2.45, 2.75) is 25.7 Å². The summed E-state index contributed by atoms with van der Waals surface area (Å²) in [4.78, 5) is 5.67. The molecule has 122 valence electrons. The van der Waals surface area contributed by atoms with Crippen LogP contribution in [0.5, 0.6) is 0 Å². The summed E-state index contributed by atoms with van der Waals surface area (Å²) in [6, 6.07) is 3.89. The number of guanidine groups is 1. The molecule has 1 aliphatic rings. The molecule has 5 nitrogen and oxygen atoms in total. The fourth-order valence-corrected chi connectivity index (χ4v) is 4.13. The van der Waals surface area contributed by atoms with Crippen molar-refractivity contribution >= 4 is 47.0 Å². The van der Waals surface area contributed by atoms with Gasteiger partial charge in [0, 0.05) is 29.0 Å². The summed E-state index contributed by atoms with van der Waals surface area (Å²) in [6.45, 7) is 2.04. The highest BCUT2D eigenvalue weighted by Crippen LogP contribution is 2.39. The maximum atomic E-state index is 7.30. The van der Waals surface area contributed by atoms with Crippen molar-refractivity contribution in [3.8, 4) is 0 Å². The Bertz CT molecular complexity index is 756. The van der Waals surface area contributed by atoms with Crippen molar-refractivity contribution in [1.29, 1.82) is 5.41 Å². The minimum atomic E-state index is -0.174. The number of pyridine rings is 1. The number of aryl methyl sites for hydroxylation is 1. The molecule has 0 bridgehead atoms. The summed E-state index contributed by atoms with van der Waals surface area (Å²) in [6.07, 6.45) is 3.42. The first-order valence-electron chi connectivity index (χ1n) is 6.90. The van der Waals surface area contributed by atoms with Gasteiger partial charge in [0.2, 0.25) is 5.96 Å². The zero-order chi connectivity index (χ0) is 15.7. The molecule has 0 saturated heterocycles. The second-order valence-electron chi connectivity index (χ2n) is 5.27. The van der Waals surface area contributed by atoms with E-state index in [0.717, 1.165) is 45.3 Å². The number of nitrogens with zero attached hydrogens (tertiary/aromatic N) is 2. The second-order valence-corrected chi connectivity index (χ2v) is 6.63. The molecular weight excluding hydrogens is 353 g/mol. The van der Waals surface area contributed by atoms with Gasteiger partial charge >= 0.3 is 0 Å². The highest BCUT2D eigenvalue weighted by atomic mass is 35.5. The first-order chi connectivity index (χ1) is 10.6. The Balaban J connectivity index is 0.00000192. The molecule has 8 heteroatoms. The van der Waals surface area contributed by atoms with E-state index in [1.54, 1.807) is 11.3 Å². The van der Waals surface area contributed by atoms with Gasteiger partial charge in [0.05, 0.1) is 16.4 Å². The standard InChI is InChI=1S/C15H16ClN5S.ClH/c1-8-2-4-19-11-6-9(14-10(16)3-5-22-14)7-12(13(8)11)20-21-15(17)18;/h2-5,9H,6-7H2,1H3,(H4,17,18,21);1H. The molecule has 0 aromatic carbocycles. The van der Waals surface area contributed by atoms with Crippen LogP contribution in [-0.4, -0.2) is 16.7 Å². The van der Waals surface area contributed by atoms with Crippen LogP contribution >= 0.6 is 35.3 Å². The molecule has 2 aromatic rings. The van der Waals surface area contributed by atoms with E-state index in [4.69, 9.17) is 22.7 Å². The van der Waals surface area contributed by atoms with Gasteiger partial charge in [-0.25, -0.2) is 5.43 Å². The van der Waals surface area contributed by atoms with E-state index in [-0.39, 0.29) is 24.3 Å². The quantitative estimate of drug-likeness (QED) is 0.430. The largest absolute Gasteiger partial charge is 0.369 e. The summed E-state index contributed by atoms with van der Waals surface area (Å²) >= 11 is 7.95. The average molecular weight is 370 g/mol. The average Bonchev–Trinajstić information content (AvgIpc) is 2.90. The summed E-state index contributed by atoms with van der Waals surface area (Å²) in [5.74, 6) is 0.0775. The lowest BCUT2D eigenvalue weighted by atomic mass is 9.83. The number of nitrogens with two attached hydrogens (primary N) is 1. The Morgan fingerprint density at radius 3 is 2.91 bits per heavy atom. The minimum absolute atomic E-state index is 0. The van der Waals surface area contributed by atoms with Crippen LogP contribution in [0.1, 0.15) is 34.0 Å². The highest BCUT2D eigenvalue weighted by Gasteiger charge is 2.29. The van der Waals surface area contributed by atoms with Crippen LogP contribution in [0.25, 0.3) is 0 Å². The SMILES string of the molecule is Cc1ccnc2c1C(=NNC(=N)N)CC(c1sccc1Cl)C2.Cl. The lowest BCUT2D eigenvalue weighted by Crippen LogP contribution is -2.29. The van der Waals surface area contributed by atoms with E-state index in [2.05, 4.69) is 15.5 Å². The number of nitrogens with one attached hydrogen (secondary N) is 2. The van der Waals surface area contributed by atoms with Gasteiger partial charge in [-0.15, -0.1) is 23.7 Å². The Morgan fingerprint density at radius 2 is 2.26 bits per heavy atom. The van der Waals surface area contributed by atoms with Crippen LogP contribution in [0.3, 0.4) is 0 Å². The first-order valence-corrected chi connectivity index (χ1v) is 8.16. The molecule has 2 aromatic heterocycles. The van der Waals surface area contributed by atoms with E-state index < -0.39 is 0 Å². The minimum Gasteiger partial charge on any atom is -0.369 e. The van der Waals surface area contributed by atoms with Crippen LogP contribution in [0, 0.1) is 12.3 Å². The van der Waals surface area contributed by atoms with Gasteiger partial charge in [-0.1, -0.05) is 11.6 Å². The number of thiophene rings is 1. The maximum Gasteiger partial charge on any atom is 0.206 e. The van der Waals surface area contributed by atoms with Gasteiger partial charge in [-0.3, -0.25) is 10.4 Å². The molecule has 2 heterocycles. The van der Waals surface area contributed by atoms with Gasteiger partial charge in [0.1, 0.15) is 0 Å². The van der Waals surface area contributed by atoms with Crippen LogP contribution in [0.2, 0.25) is 5.02 Å². The summed E-state index contributed by atoms with van der Waals surface area (Å²) in [5, 5.41) is 14.4. The van der Waals surface area contributed by atoms with Gasteiger partial charge in [0.25, 0.3) is 0 Å². The van der Waals surface area contributed by atoms with Crippen molar-refractivity contribution in [3.63, 3.8) is 0 Å². The Morgan fingerprint density at radius 1 is 1.48 bits per heavy atom. The number of fused-ring (bicyclic) bond motifs is 1. The van der Waals surface area contributed by atoms with Crippen LogP contribution in [0.15, 0.2) is 28.8 Å². The molecule has 0 spiro atoms. The van der Waals surface area contributed by atoms with Crippen molar-refractivity contribution in [3.05, 3.63) is 50.4 Å². The van der Waals surface area contributed by atoms with Crippen LogP contribution in [0.4, 0.5) is 0 Å². The number of aromatic nitrogens is 1. The van der Waals surface area contributed by atoms with Gasteiger partial charge in [0.15, 0.2) is 0 Å². The molecule has 0 aliphatic heterocycles. The van der Waals surface area contributed by atoms with E-state index in [1.165, 1.54) is 0 Å². The van der Waals surface area contributed by atoms with E-state index >= 15 is 0 Å². The van der Waals surface area contributed by atoms with E-state index in [1.807, 2.05) is 30.6 Å². The number of rotatable bonds is 2. The summed E-state index contributed by atoms with van der Waals surface area (Å²) in [5.41, 5.74) is 12.0. The number of hydrazone groups is 1. The lowest BCUT2D eigenvalue weighted by molar-refractivity contribution is 0.687. The zero-order valence-corrected chi connectivity index (χ0v) is 14.9. The van der Waals surface area contributed by atoms with Crippen LogP contribution in [-0.2, 0) is 6.42 Å². The Labute approximate surface area is 149 Å². The van der Waals surface area contributed by atoms with Crippen molar-refractivity contribution in [2.24, 2.45) is 10.8 Å². The van der Waals surface area contributed by atoms with Crippen LogP contribution < -0.4 is 11.2 Å². The molecule has 0 fully saturated rings. The molecule has 1 unspecified atom stereocenters. The van der Waals surface area contributed by atoms with Gasteiger partial charge in [-0.2, -0.15) is 5.10 Å². The van der Waals surface area contributed by atoms with E-state index in [0.29, 0.717) is 0 Å². The van der Waals surface area contributed by atoms with Crippen molar-refractivity contribution in [1.82, 2.24) is 10.4 Å². The number of halogens is 2. The molecule has 0 radical (unpaired) electrons. The maximum absolute atomic E-state index is 7.30. The normalized spacial score (nSPS) is 18.2. The third-order valence-corrected chi connectivity index (χ3v) is 5.25. The lowest BCUT2D eigenvalue weighted by Gasteiger charge is -2.26. The third-order valence-electron chi connectivity index (χ3n) is 3.73. The van der Waals surface area contributed by atoms with E-state index in [9.17, 15) is 0 Å². The second kappa shape index (κ2) is 7.29. The fourth-order valence-electron chi connectivity index (χ4n) is 2.82. The first kappa shape index (κ1) is 17.7. The van der Waals surface area contributed by atoms with Gasteiger partial charge in [-0.05, 0) is 36.4 Å². The molecule has 4 N–H and O–H groups in total. The summed E-state index contributed by atoms with van der Waals surface area (Å²) in [7, 11) is 0. The molecule has 0 saturated carbocycles. The molecule has 0 amide bonds. The topological polar surface area (TPSA) is 87.2 Å². The highest BCUT2D eigenvalue weighted by molar-refractivity contribution is 7.10. The molecule has 23 heavy (non-hydrogen) atoms.